The molecule has 0 saturated carbocycles. The summed E-state index contributed by atoms with van der Waals surface area (Å²) in [5, 5.41) is 23.2. The van der Waals surface area contributed by atoms with E-state index in [2.05, 4.69) is 26.1 Å². The molecule has 0 radical (unpaired) electrons. The van der Waals surface area contributed by atoms with E-state index < -0.39 is 12.2 Å². The fourth-order valence-electron chi connectivity index (χ4n) is 2.40. The first-order valence-corrected chi connectivity index (χ1v) is 7.31. The Hall–Kier alpha value is -1.30. The lowest BCUT2D eigenvalue weighted by Crippen LogP contribution is -2.32. The van der Waals surface area contributed by atoms with Crippen molar-refractivity contribution < 1.29 is 19.7 Å². The predicted octanol–water partition coefficient (Wildman–Crippen LogP) is 1.84. The Morgan fingerprint density at radius 2 is 1.86 bits per heavy atom. The van der Waals surface area contributed by atoms with Crippen LogP contribution in [-0.4, -0.2) is 36.2 Å². The van der Waals surface area contributed by atoms with Gasteiger partial charge in [-0.2, -0.15) is 0 Å². The van der Waals surface area contributed by atoms with Crippen molar-refractivity contribution in [3.8, 4) is 11.5 Å². The minimum atomic E-state index is -0.638. The van der Waals surface area contributed by atoms with Gasteiger partial charge in [-0.05, 0) is 29.5 Å². The van der Waals surface area contributed by atoms with E-state index in [1.165, 1.54) is 0 Å². The van der Waals surface area contributed by atoms with Crippen LogP contribution in [0.1, 0.15) is 38.9 Å². The highest BCUT2D eigenvalue weighted by Crippen LogP contribution is 2.34. The molecule has 0 aliphatic carbocycles. The second-order valence-electron chi connectivity index (χ2n) is 6.71. The second kappa shape index (κ2) is 6.64. The average Bonchev–Trinajstić information content (AvgIpc) is 2.83. The van der Waals surface area contributed by atoms with Crippen molar-refractivity contribution in [3.63, 3.8) is 0 Å². The third kappa shape index (κ3) is 4.88. The summed E-state index contributed by atoms with van der Waals surface area (Å²) in [7, 11) is 0. The summed E-state index contributed by atoms with van der Waals surface area (Å²) < 4.78 is 10.5. The van der Waals surface area contributed by atoms with Crippen molar-refractivity contribution in [1.82, 2.24) is 5.32 Å². The molecule has 1 aliphatic heterocycles. The number of nitrogens with one attached hydrogen (secondary N) is 1. The Labute approximate surface area is 125 Å². The largest absolute Gasteiger partial charge is 0.454 e. The zero-order valence-corrected chi connectivity index (χ0v) is 12.9. The lowest BCUT2D eigenvalue weighted by molar-refractivity contribution is 0.111. The number of hydrogen-bond donors (Lipinski definition) is 3. The van der Waals surface area contributed by atoms with Crippen LogP contribution < -0.4 is 14.8 Å². The molecular weight excluding hydrogens is 270 g/mol. The third-order valence-electron chi connectivity index (χ3n) is 3.35. The van der Waals surface area contributed by atoms with Crippen molar-refractivity contribution in [2.45, 2.75) is 39.4 Å². The maximum Gasteiger partial charge on any atom is 0.231 e. The highest BCUT2D eigenvalue weighted by Gasteiger charge is 2.18. The zero-order chi connectivity index (χ0) is 15.5. The van der Waals surface area contributed by atoms with Crippen molar-refractivity contribution in [1.29, 1.82) is 0 Å². The summed E-state index contributed by atoms with van der Waals surface area (Å²) in [5.74, 6) is 1.37. The zero-order valence-electron chi connectivity index (χ0n) is 12.9. The van der Waals surface area contributed by atoms with Crippen molar-refractivity contribution in [2.75, 3.05) is 19.9 Å². The van der Waals surface area contributed by atoms with E-state index in [0.29, 0.717) is 24.6 Å². The first-order chi connectivity index (χ1) is 9.85. The maximum atomic E-state index is 10.2. The van der Waals surface area contributed by atoms with Gasteiger partial charge in [-0.1, -0.05) is 26.8 Å². The fourth-order valence-corrected chi connectivity index (χ4v) is 2.40. The van der Waals surface area contributed by atoms with Gasteiger partial charge in [0, 0.05) is 13.1 Å². The number of aliphatic hydroxyl groups excluding tert-OH is 2. The molecule has 0 fully saturated rings. The van der Waals surface area contributed by atoms with Crippen LogP contribution in [0.4, 0.5) is 0 Å². The maximum absolute atomic E-state index is 10.2. The van der Waals surface area contributed by atoms with Gasteiger partial charge in [-0.15, -0.1) is 0 Å². The molecule has 5 nitrogen and oxygen atoms in total. The number of benzene rings is 1. The normalized spacial score (nSPS) is 16.8. The number of ether oxygens (including phenoxy) is 2. The van der Waals surface area contributed by atoms with Gasteiger partial charge in [-0.3, -0.25) is 0 Å². The molecule has 1 aromatic carbocycles. The van der Waals surface area contributed by atoms with Gasteiger partial charge in [0.2, 0.25) is 6.79 Å². The molecule has 0 saturated heterocycles. The van der Waals surface area contributed by atoms with Crippen LogP contribution in [0.3, 0.4) is 0 Å². The Morgan fingerprint density at radius 3 is 2.57 bits per heavy atom. The van der Waals surface area contributed by atoms with E-state index in [1.807, 2.05) is 6.07 Å². The summed E-state index contributed by atoms with van der Waals surface area (Å²) in [5.41, 5.74) is 0.869. The van der Waals surface area contributed by atoms with Crippen LogP contribution in [0, 0.1) is 5.41 Å². The van der Waals surface area contributed by atoms with Crippen LogP contribution in [0.5, 0.6) is 11.5 Å². The molecule has 0 spiro atoms. The average molecular weight is 295 g/mol. The lowest BCUT2D eigenvalue weighted by atomic mass is 9.89. The number of rotatable bonds is 6. The highest BCUT2D eigenvalue weighted by atomic mass is 16.7. The van der Waals surface area contributed by atoms with E-state index in [0.717, 1.165) is 12.0 Å². The molecule has 5 heteroatoms. The SMILES string of the molecule is CC(C)(C)CC(O)CNCC(O)c1ccc2c(c1)OCO2. The molecule has 2 unspecified atom stereocenters. The van der Waals surface area contributed by atoms with E-state index in [9.17, 15) is 10.2 Å². The molecule has 118 valence electrons. The van der Waals surface area contributed by atoms with Gasteiger partial charge in [0.05, 0.1) is 12.2 Å². The molecule has 0 aromatic heterocycles. The fraction of sp³-hybridized carbons (Fsp3) is 0.625. The van der Waals surface area contributed by atoms with Gasteiger partial charge < -0.3 is 25.0 Å². The first kappa shape index (κ1) is 16.1. The van der Waals surface area contributed by atoms with Crippen LogP contribution >= 0.6 is 0 Å². The highest BCUT2D eigenvalue weighted by molar-refractivity contribution is 5.45. The standard InChI is InChI=1S/C16H25NO4/c1-16(2,3)7-12(18)8-17-9-13(19)11-4-5-14-15(6-11)21-10-20-14/h4-6,12-13,17-19H,7-10H2,1-3H3. The Balaban J connectivity index is 1.78. The quantitative estimate of drug-likeness (QED) is 0.747. The van der Waals surface area contributed by atoms with Crippen molar-refractivity contribution in [3.05, 3.63) is 23.8 Å². The van der Waals surface area contributed by atoms with Gasteiger partial charge in [0.1, 0.15) is 0 Å². The lowest BCUT2D eigenvalue weighted by Gasteiger charge is -2.23. The summed E-state index contributed by atoms with van der Waals surface area (Å²) in [6.07, 6.45) is -0.324. The van der Waals surface area contributed by atoms with Crippen molar-refractivity contribution in [2.24, 2.45) is 5.41 Å². The molecule has 21 heavy (non-hydrogen) atoms. The first-order valence-electron chi connectivity index (χ1n) is 7.31. The molecule has 3 N–H and O–H groups in total. The van der Waals surface area contributed by atoms with E-state index >= 15 is 0 Å². The van der Waals surface area contributed by atoms with E-state index in [-0.39, 0.29) is 12.2 Å². The van der Waals surface area contributed by atoms with Crippen LogP contribution in [0.15, 0.2) is 18.2 Å². The molecule has 0 amide bonds. The molecule has 1 aliphatic rings. The molecular formula is C16H25NO4. The molecule has 1 aromatic rings. The van der Waals surface area contributed by atoms with Crippen LogP contribution in [0.2, 0.25) is 0 Å². The summed E-state index contributed by atoms with van der Waals surface area (Å²) in [6.45, 7) is 7.37. The summed E-state index contributed by atoms with van der Waals surface area (Å²) in [6, 6.07) is 5.42. The summed E-state index contributed by atoms with van der Waals surface area (Å²) >= 11 is 0. The van der Waals surface area contributed by atoms with Crippen LogP contribution in [0.25, 0.3) is 0 Å². The Morgan fingerprint density at radius 1 is 1.14 bits per heavy atom. The van der Waals surface area contributed by atoms with Gasteiger partial charge >= 0.3 is 0 Å². The topological polar surface area (TPSA) is 71.0 Å². The van der Waals surface area contributed by atoms with Gasteiger partial charge in [0.25, 0.3) is 0 Å². The Kier molecular flexibility index (Phi) is 5.08. The molecule has 1 heterocycles. The third-order valence-corrected chi connectivity index (χ3v) is 3.35. The van der Waals surface area contributed by atoms with E-state index in [1.54, 1.807) is 12.1 Å². The Bertz CT molecular complexity index is 470. The number of aliphatic hydroxyl groups is 2. The van der Waals surface area contributed by atoms with Crippen LogP contribution in [-0.2, 0) is 0 Å². The van der Waals surface area contributed by atoms with E-state index in [4.69, 9.17) is 9.47 Å². The number of hydrogen-bond acceptors (Lipinski definition) is 5. The second-order valence-corrected chi connectivity index (χ2v) is 6.71. The van der Waals surface area contributed by atoms with Gasteiger partial charge in [-0.25, -0.2) is 0 Å². The van der Waals surface area contributed by atoms with Crippen molar-refractivity contribution >= 4 is 0 Å². The minimum absolute atomic E-state index is 0.0943. The molecule has 2 rings (SSSR count). The van der Waals surface area contributed by atoms with Gasteiger partial charge in [0.15, 0.2) is 11.5 Å². The summed E-state index contributed by atoms with van der Waals surface area (Å²) in [4.78, 5) is 0. The monoisotopic (exact) mass is 295 g/mol. The molecule has 0 bridgehead atoms. The number of fused-ring (bicyclic) bond motifs is 1. The molecule has 2 atom stereocenters. The predicted molar refractivity (Wildman–Crippen MR) is 80.5 cm³/mol. The smallest absolute Gasteiger partial charge is 0.231 e. The minimum Gasteiger partial charge on any atom is -0.454 e.